The first-order chi connectivity index (χ1) is 7.27. The highest BCUT2D eigenvalue weighted by atomic mass is 32.2. The van der Waals surface area contributed by atoms with Crippen molar-refractivity contribution in [1.82, 2.24) is 4.90 Å². The first-order valence-corrected chi connectivity index (χ1v) is 7.11. The summed E-state index contributed by atoms with van der Waals surface area (Å²) in [5, 5.41) is 2.72. The van der Waals surface area contributed by atoms with E-state index in [1.54, 1.807) is 6.92 Å². The van der Waals surface area contributed by atoms with Gasteiger partial charge in [0.15, 0.2) is 0 Å². The minimum atomic E-state index is 0.211. The van der Waals surface area contributed by atoms with Crippen molar-refractivity contribution < 1.29 is 4.79 Å². The summed E-state index contributed by atoms with van der Waals surface area (Å²) in [4.78, 5) is 14.7. The Hall–Kier alpha value is -0.480. The summed E-state index contributed by atoms with van der Waals surface area (Å²) < 4.78 is 0. The third-order valence-electron chi connectivity index (χ3n) is 2.65. The van der Waals surface area contributed by atoms with Crippen molar-refractivity contribution in [3.63, 3.8) is 0 Å². The number of carbonyl (C=O) groups excluding carboxylic acids is 1. The Labute approximate surface area is 98.7 Å². The van der Waals surface area contributed by atoms with Gasteiger partial charge in [0.05, 0.1) is 0 Å². The van der Waals surface area contributed by atoms with Gasteiger partial charge >= 0.3 is 0 Å². The number of rotatable bonds is 1. The van der Waals surface area contributed by atoms with Gasteiger partial charge in [-0.2, -0.15) is 11.8 Å². The van der Waals surface area contributed by atoms with Crippen LogP contribution in [-0.4, -0.2) is 29.6 Å². The molecule has 0 aromatic carbocycles. The molecule has 0 saturated carbocycles. The number of nitrogens with zero attached hydrogens (tertiary/aromatic N) is 1. The lowest BCUT2D eigenvalue weighted by Crippen LogP contribution is -2.30. The highest BCUT2D eigenvalue weighted by molar-refractivity contribution is 7.99. The van der Waals surface area contributed by atoms with Crippen molar-refractivity contribution in [2.45, 2.75) is 18.6 Å². The zero-order valence-corrected chi connectivity index (χ0v) is 10.4. The molecule has 1 aliphatic heterocycles. The Kier molecular flexibility index (Phi) is 3.70. The molecule has 0 spiro atoms. The van der Waals surface area contributed by atoms with Crippen LogP contribution in [0, 0.1) is 0 Å². The fourth-order valence-electron chi connectivity index (χ4n) is 1.79. The van der Waals surface area contributed by atoms with Gasteiger partial charge in [-0.25, -0.2) is 0 Å². The van der Waals surface area contributed by atoms with Gasteiger partial charge in [-0.3, -0.25) is 4.79 Å². The van der Waals surface area contributed by atoms with E-state index in [-0.39, 0.29) is 5.91 Å². The maximum atomic E-state index is 11.3. The summed E-state index contributed by atoms with van der Waals surface area (Å²) in [6.45, 7) is 3.48. The minimum Gasteiger partial charge on any atom is -0.342 e. The first kappa shape index (κ1) is 11.0. The van der Waals surface area contributed by atoms with E-state index in [2.05, 4.69) is 17.5 Å². The van der Waals surface area contributed by atoms with E-state index in [1.165, 1.54) is 4.88 Å². The van der Waals surface area contributed by atoms with Crippen molar-refractivity contribution in [3.05, 3.63) is 22.4 Å². The molecule has 2 rings (SSSR count). The SMILES string of the molecule is CC(=O)N1CCS[C@@H](c2cccs2)CC1. The van der Waals surface area contributed by atoms with Crippen molar-refractivity contribution in [2.75, 3.05) is 18.8 Å². The molecule has 82 valence electrons. The van der Waals surface area contributed by atoms with E-state index < -0.39 is 0 Å². The van der Waals surface area contributed by atoms with Crippen LogP contribution in [0.3, 0.4) is 0 Å². The molecule has 4 heteroatoms. The second-order valence-electron chi connectivity index (χ2n) is 3.67. The van der Waals surface area contributed by atoms with E-state index in [9.17, 15) is 4.79 Å². The average Bonchev–Trinajstić information content (AvgIpc) is 2.62. The molecule has 1 fully saturated rings. The Morgan fingerprint density at radius 2 is 2.40 bits per heavy atom. The summed E-state index contributed by atoms with van der Waals surface area (Å²) in [7, 11) is 0. The molecule has 15 heavy (non-hydrogen) atoms. The van der Waals surface area contributed by atoms with Crippen LogP contribution in [0.1, 0.15) is 23.5 Å². The van der Waals surface area contributed by atoms with Gasteiger partial charge in [0, 0.05) is 35.9 Å². The minimum absolute atomic E-state index is 0.211. The second-order valence-corrected chi connectivity index (χ2v) is 5.96. The van der Waals surface area contributed by atoms with Crippen LogP contribution >= 0.6 is 23.1 Å². The highest BCUT2D eigenvalue weighted by Crippen LogP contribution is 2.36. The van der Waals surface area contributed by atoms with Crippen LogP contribution in [0.5, 0.6) is 0 Å². The summed E-state index contributed by atoms with van der Waals surface area (Å²) in [5.41, 5.74) is 0. The summed E-state index contributed by atoms with van der Waals surface area (Å²) in [5.74, 6) is 1.27. The molecule has 0 bridgehead atoms. The third-order valence-corrected chi connectivity index (χ3v) is 5.09. The Bertz CT molecular complexity index is 323. The fraction of sp³-hybridized carbons (Fsp3) is 0.545. The zero-order chi connectivity index (χ0) is 10.7. The van der Waals surface area contributed by atoms with Crippen molar-refractivity contribution in [2.24, 2.45) is 0 Å². The average molecular weight is 241 g/mol. The van der Waals surface area contributed by atoms with E-state index in [1.807, 2.05) is 28.0 Å². The van der Waals surface area contributed by atoms with Gasteiger partial charge < -0.3 is 4.90 Å². The standard InChI is InChI=1S/C11H15NOS2/c1-9(13)12-5-4-11(15-8-6-12)10-3-2-7-14-10/h2-3,7,11H,4-6,8H2,1H3/t11-/m1/s1. The zero-order valence-electron chi connectivity index (χ0n) is 8.81. The molecular weight excluding hydrogens is 226 g/mol. The third kappa shape index (κ3) is 2.75. The van der Waals surface area contributed by atoms with Gasteiger partial charge in [0.2, 0.25) is 5.91 Å². The molecule has 0 unspecified atom stereocenters. The van der Waals surface area contributed by atoms with Crippen LogP contribution in [0.15, 0.2) is 17.5 Å². The van der Waals surface area contributed by atoms with Gasteiger partial charge in [0.1, 0.15) is 0 Å². The molecule has 2 nitrogen and oxygen atoms in total. The molecule has 1 amide bonds. The maximum absolute atomic E-state index is 11.3. The smallest absolute Gasteiger partial charge is 0.219 e. The number of amides is 1. The predicted octanol–water partition coefficient (Wildman–Crippen LogP) is 2.77. The molecule has 1 atom stereocenters. The summed E-state index contributed by atoms with van der Waals surface area (Å²) in [6, 6.07) is 4.31. The molecule has 0 N–H and O–H groups in total. The first-order valence-electron chi connectivity index (χ1n) is 5.18. The largest absolute Gasteiger partial charge is 0.342 e. The van der Waals surface area contributed by atoms with Crippen LogP contribution < -0.4 is 0 Å². The number of thioether (sulfide) groups is 1. The molecule has 1 aliphatic rings. The second kappa shape index (κ2) is 5.03. The van der Waals surface area contributed by atoms with Crippen molar-refractivity contribution in [1.29, 1.82) is 0 Å². The normalized spacial score (nSPS) is 22.5. The molecule has 1 aromatic rings. The van der Waals surface area contributed by atoms with Crippen LogP contribution in [0.4, 0.5) is 0 Å². The number of thiophene rings is 1. The summed E-state index contributed by atoms with van der Waals surface area (Å²) >= 11 is 3.80. The van der Waals surface area contributed by atoms with Gasteiger partial charge in [-0.1, -0.05) is 6.07 Å². The van der Waals surface area contributed by atoms with Gasteiger partial charge in [0.25, 0.3) is 0 Å². The van der Waals surface area contributed by atoms with Crippen LogP contribution in [0.2, 0.25) is 0 Å². The van der Waals surface area contributed by atoms with E-state index >= 15 is 0 Å². The van der Waals surface area contributed by atoms with Crippen molar-refractivity contribution >= 4 is 29.0 Å². The lowest BCUT2D eigenvalue weighted by atomic mass is 10.2. The number of hydrogen-bond acceptors (Lipinski definition) is 3. The molecule has 0 radical (unpaired) electrons. The van der Waals surface area contributed by atoms with E-state index in [0.29, 0.717) is 5.25 Å². The lowest BCUT2D eigenvalue weighted by Gasteiger charge is -2.17. The predicted molar refractivity (Wildman–Crippen MR) is 66.4 cm³/mol. The van der Waals surface area contributed by atoms with Crippen LogP contribution in [0.25, 0.3) is 0 Å². The topological polar surface area (TPSA) is 20.3 Å². The van der Waals surface area contributed by atoms with Gasteiger partial charge in [-0.05, 0) is 17.9 Å². The number of hydrogen-bond donors (Lipinski definition) is 0. The quantitative estimate of drug-likeness (QED) is 0.753. The monoisotopic (exact) mass is 241 g/mol. The number of carbonyl (C=O) groups is 1. The molecule has 1 aromatic heterocycles. The fourth-order valence-corrected chi connectivity index (χ4v) is 4.02. The van der Waals surface area contributed by atoms with Crippen LogP contribution in [-0.2, 0) is 4.79 Å². The maximum Gasteiger partial charge on any atom is 0.219 e. The molecule has 1 saturated heterocycles. The lowest BCUT2D eigenvalue weighted by molar-refractivity contribution is -0.128. The Morgan fingerprint density at radius 3 is 3.07 bits per heavy atom. The molecule has 0 aliphatic carbocycles. The van der Waals surface area contributed by atoms with E-state index in [0.717, 1.165) is 25.3 Å². The van der Waals surface area contributed by atoms with Gasteiger partial charge in [-0.15, -0.1) is 11.3 Å². The molecular formula is C11H15NOS2. The molecule has 2 heterocycles. The highest BCUT2D eigenvalue weighted by Gasteiger charge is 2.20. The van der Waals surface area contributed by atoms with Crippen molar-refractivity contribution in [3.8, 4) is 0 Å². The Morgan fingerprint density at radius 1 is 1.53 bits per heavy atom. The summed E-state index contributed by atoms with van der Waals surface area (Å²) in [6.07, 6.45) is 1.09. The Balaban J connectivity index is 1.98. The van der Waals surface area contributed by atoms with E-state index in [4.69, 9.17) is 0 Å².